The zero-order valence-electron chi connectivity index (χ0n) is 9.31. The van der Waals surface area contributed by atoms with Gasteiger partial charge in [0.25, 0.3) is 0 Å². The van der Waals surface area contributed by atoms with E-state index < -0.39 is 17.6 Å². The molecule has 0 aromatic carbocycles. The molecule has 0 atom stereocenters. The van der Waals surface area contributed by atoms with Gasteiger partial charge in [0.05, 0.1) is 12.8 Å². The monoisotopic (exact) mass is 254 g/mol. The molecule has 0 aliphatic rings. The molecule has 94 valence electrons. The lowest BCUT2D eigenvalue weighted by Crippen LogP contribution is -2.04. The Hall–Kier alpha value is -2.31. The number of hydrogen-bond donors (Lipinski definition) is 0. The maximum atomic E-state index is 13.4. The predicted molar refractivity (Wildman–Crippen MR) is 55.6 cm³/mol. The molecular formula is C11H8F2N2O3. The van der Waals surface area contributed by atoms with E-state index in [1.54, 1.807) is 6.92 Å². The average Bonchev–Trinajstić information content (AvgIpc) is 2.78. The van der Waals surface area contributed by atoms with Crippen molar-refractivity contribution in [3.63, 3.8) is 0 Å². The molecule has 2 aromatic rings. The van der Waals surface area contributed by atoms with Gasteiger partial charge in [-0.2, -0.15) is 0 Å². The number of esters is 1. The summed E-state index contributed by atoms with van der Waals surface area (Å²) in [7, 11) is 0. The maximum Gasteiger partial charge on any atom is 0.360 e. The number of carbonyl (C=O) groups is 1. The minimum absolute atomic E-state index is 0.0997. The van der Waals surface area contributed by atoms with Gasteiger partial charge in [-0.25, -0.2) is 23.5 Å². The van der Waals surface area contributed by atoms with Crippen molar-refractivity contribution in [2.75, 3.05) is 6.61 Å². The molecular weight excluding hydrogens is 246 g/mol. The van der Waals surface area contributed by atoms with Gasteiger partial charge >= 0.3 is 5.97 Å². The van der Waals surface area contributed by atoms with Crippen molar-refractivity contribution in [3.05, 3.63) is 35.9 Å². The molecule has 0 radical (unpaired) electrons. The Kier molecular flexibility index (Phi) is 3.31. The van der Waals surface area contributed by atoms with Crippen molar-refractivity contribution in [2.45, 2.75) is 6.92 Å². The van der Waals surface area contributed by atoms with Gasteiger partial charge in [0, 0.05) is 6.07 Å². The number of oxazole rings is 1. The Morgan fingerprint density at radius 1 is 1.50 bits per heavy atom. The van der Waals surface area contributed by atoms with Crippen LogP contribution < -0.4 is 0 Å². The molecule has 2 rings (SSSR count). The van der Waals surface area contributed by atoms with Crippen LogP contribution >= 0.6 is 0 Å². The minimum atomic E-state index is -0.924. The van der Waals surface area contributed by atoms with Gasteiger partial charge < -0.3 is 9.15 Å². The molecule has 2 aromatic heterocycles. The Balaban J connectivity index is 2.32. The average molecular weight is 254 g/mol. The zero-order chi connectivity index (χ0) is 13.1. The molecule has 0 amide bonds. The second-order valence-electron chi connectivity index (χ2n) is 3.24. The van der Waals surface area contributed by atoms with Gasteiger partial charge in [-0.15, -0.1) is 0 Å². The largest absolute Gasteiger partial charge is 0.461 e. The van der Waals surface area contributed by atoms with Crippen LogP contribution in [0, 0.1) is 11.6 Å². The Morgan fingerprint density at radius 2 is 2.28 bits per heavy atom. The molecule has 0 bridgehead atoms. The van der Waals surface area contributed by atoms with Gasteiger partial charge in [0.15, 0.2) is 17.2 Å². The first kappa shape index (κ1) is 12.2. The van der Waals surface area contributed by atoms with Crippen LogP contribution in [0.4, 0.5) is 8.78 Å². The molecule has 0 fully saturated rings. The summed E-state index contributed by atoms with van der Waals surface area (Å²) in [6.45, 7) is 1.82. The first-order valence-corrected chi connectivity index (χ1v) is 5.06. The van der Waals surface area contributed by atoms with E-state index >= 15 is 0 Å². The minimum Gasteiger partial charge on any atom is -0.461 e. The molecule has 5 nitrogen and oxygen atoms in total. The third-order valence-corrected chi connectivity index (χ3v) is 2.00. The maximum absolute atomic E-state index is 13.4. The van der Waals surface area contributed by atoms with Crippen LogP contribution in [-0.2, 0) is 4.74 Å². The fourth-order valence-electron chi connectivity index (χ4n) is 1.25. The van der Waals surface area contributed by atoms with E-state index in [0.717, 1.165) is 12.5 Å². The summed E-state index contributed by atoms with van der Waals surface area (Å²) >= 11 is 0. The van der Waals surface area contributed by atoms with Crippen LogP contribution in [0.25, 0.3) is 11.6 Å². The summed E-state index contributed by atoms with van der Waals surface area (Å²) < 4.78 is 35.6. The molecule has 0 unspecified atom stereocenters. The lowest BCUT2D eigenvalue weighted by molar-refractivity contribution is 0.0519. The van der Waals surface area contributed by atoms with E-state index in [9.17, 15) is 13.6 Å². The fourth-order valence-corrected chi connectivity index (χ4v) is 1.25. The number of hydrogen-bond acceptors (Lipinski definition) is 5. The lowest BCUT2D eigenvalue weighted by Gasteiger charge is -1.97. The summed E-state index contributed by atoms with van der Waals surface area (Å²) in [5.74, 6) is -2.63. The first-order valence-electron chi connectivity index (χ1n) is 5.06. The third-order valence-electron chi connectivity index (χ3n) is 2.00. The molecule has 0 saturated carbocycles. The van der Waals surface area contributed by atoms with E-state index in [1.807, 2.05) is 0 Å². The van der Waals surface area contributed by atoms with E-state index in [0.29, 0.717) is 6.07 Å². The number of halogens is 2. The summed E-state index contributed by atoms with van der Waals surface area (Å²) in [5, 5.41) is 0. The van der Waals surface area contributed by atoms with Gasteiger partial charge in [-0.05, 0) is 6.92 Å². The topological polar surface area (TPSA) is 65.2 Å². The second-order valence-corrected chi connectivity index (χ2v) is 3.24. The summed E-state index contributed by atoms with van der Waals surface area (Å²) in [6, 6.07) is 0.649. The smallest absolute Gasteiger partial charge is 0.360 e. The molecule has 0 N–H and O–H groups in total. The number of pyridine rings is 1. The highest BCUT2D eigenvalue weighted by atomic mass is 19.1. The number of ether oxygens (including phenoxy) is 1. The highest BCUT2D eigenvalue weighted by Gasteiger charge is 2.18. The molecule has 0 aliphatic carbocycles. The van der Waals surface area contributed by atoms with Gasteiger partial charge in [0.2, 0.25) is 5.89 Å². The Labute approximate surface area is 100 Å². The van der Waals surface area contributed by atoms with Crippen LogP contribution in [0.3, 0.4) is 0 Å². The Morgan fingerprint density at radius 3 is 2.94 bits per heavy atom. The van der Waals surface area contributed by atoms with Crippen molar-refractivity contribution in [3.8, 4) is 11.6 Å². The number of rotatable bonds is 3. The number of aromatic nitrogens is 2. The predicted octanol–water partition coefficient (Wildman–Crippen LogP) is 2.19. The third kappa shape index (κ3) is 2.34. The summed E-state index contributed by atoms with van der Waals surface area (Å²) in [4.78, 5) is 18.5. The summed E-state index contributed by atoms with van der Waals surface area (Å²) in [6.07, 6.45) is 1.85. The van der Waals surface area contributed by atoms with Crippen molar-refractivity contribution in [2.24, 2.45) is 0 Å². The van der Waals surface area contributed by atoms with E-state index in [-0.39, 0.29) is 23.9 Å². The van der Waals surface area contributed by atoms with Gasteiger partial charge in [0.1, 0.15) is 12.1 Å². The van der Waals surface area contributed by atoms with E-state index in [4.69, 9.17) is 9.15 Å². The van der Waals surface area contributed by atoms with Crippen molar-refractivity contribution in [1.29, 1.82) is 0 Å². The van der Waals surface area contributed by atoms with Gasteiger partial charge in [-0.1, -0.05) is 0 Å². The molecule has 0 aliphatic heterocycles. The normalized spacial score (nSPS) is 10.4. The lowest BCUT2D eigenvalue weighted by atomic mass is 10.3. The molecule has 7 heteroatoms. The van der Waals surface area contributed by atoms with Crippen molar-refractivity contribution >= 4 is 5.97 Å². The molecule has 0 spiro atoms. The molecule has 18 heavy (non-hydrogen) atoms. The Bertz CT molecular complexity index is 583. The highest BCUT2D eigenvalue weighted by Crippen LogP contribution is 2.20. The van der Waals surface area contributed by atoms with Crippen LogP contribution in [-0.4, -0.2) is 22.5 Å². The van der Waals surface area contributed by atoms with Crippen LogP contribution in [0.2, 0.25) is 0 Å². The van der Waals surface area contributed by atoms with E-state index in [2.05, 4.69) is 9.97 Å². The SMILES string of the molecule is CCOC(=O)c1coc(-c2ncc(F)cc2F)n1. The number of carbonyl (C=O) groups excluding carboxylic acids is 1. The number of nitrogens with zero attached hydrogens (tertiary/aromatic N) is 2. The quantitative estimate of drug-likeness (QED) is 0.785. The van der Waals surface area contributed by atoms with E-state index in [1.165, 1.54) is 0 Å². The fraction of sp³-hybridized carbons (Fsp3) is 0.182. The zero-order valence-corrected chi connectivity index (χ0v) is 9.31. The van der Waals surface area contributed by atoms with Crippen LogP contribution in [0.5, 0.6) is 0 Å². The highest BCUT2D eigenvalue weighted by molar-refractivity contribution is 5.87. The van der Waals surface area contributed by atoms with Gasteiger partial charge in [-0.3, -0.25) is 0 Å². The first-order chi connectivity index (χ1) is 8.61. The second kappa shape index (κ2) is 4.91. The molecule has 2 heterocycles. The van der Waals surface area contributed by atoms with Crippen molar-refractivity contribution in [1.82, 2.24) is 9.97 Å². The van der Waals surface area contributed by atoms with Crippen LogP contribution in [0.1, 0.15) is 17.4 Å². The van der Waals surface area contributed by atoms with Crippen LogP contribution in [0.15, 0.2) is 22.9 Å². The molecule has 0 saturated heterocycles. The van der Waals surface area contributed by atoms with Crippen molar-refractivity contribution < 1.29 is 22.7 Å². The summed E-state index contributed by atoms with van der Waals surface area (Å²) in [5.41, 5.74) is -0.371. The standard InChI is InChI=1S/C11H8F2N2O3/c1-2-17-11(16)8-5-18-10(15-8)9-7(13)3-6(12)4-14-9/h3-5H,2H2,1H3.